The largest absolute Gasteiger partial charge is 0.465 e. The number of carbonyl (C=O) groups is 1. The minimum Gasteiger partial charge on any atom is -0.465 e. The third kappa shape index (κ3) is 2.36. The Morgan fingerprint density at radius 1 is 1.46 bits per heavy atom. The summed E-state index contributed by atoms with van der Waals surface area (Å²) in [5.74, 6) is -0.476. The molecule has 0 spiro atoms. The summed E-state index contributed by atoms with van der Waals surface area (Å²) in [7, 11) is 1.30. The maximum atomic E-state index is 11.2. The average Bonchev–Trinajstić information content (AvgIpc) is 2.10. The highest BCUT2D eigenvalue weighted by atomic mass is 79.9. The van der Waals surface area contributed by atoms with E-state index in [1.165, 1.54) is 13.2 Å². The SMILES string of the molecule is COC(=O)c1cc(Cl)cc(Cl)c1Br. The lowest BCUT2D eigenvalue weighted by molar-refractivity contribution is 0.0599. The molecule has 0 atom stereocenters. The van der Waals surface area contributed by atoms with Crippen LogP contribution in [0.25, 0.3) is 0 Å². The zero-order valence-electron chi connectivity index (χ0n) is 6.61. The Balaban J connectivity index is 3.28. The minimum atomic E-state index is -0.476. The summed E-state index contributed by atoms with van der Waals surface area (Å²) >= 11 is 14.7. The van der Waals surface area contributed by atoms with Crippen LogP contribution >= 0.6 is 39.1 Å². The Kier molecular flexibility index (Phi) is 3.59. The quantitative estimate of drug-likeness (QED) is 0.582. The number of hydrogen-bond acceptors (Lipinski definition) is 2. The van der Waals surface area contributed by atoms with Crippen molar-refractivity contribution in [3.05, 3.63) is 32.2 Å². The van der Waals surface area contributed by atoms with Gasteiger partial charge in [-0.1, -0.05) is 23.2 Å². The van der Waals surface area contributed by atoms with Crippen LogP contribution in [0, 0.1) is 0 Å². The van der Waals surface area contributed by atoms with Crippen molar-refractivity contribution in [3.8, 4) is 0 Å². The highest BCUT2D eigenvalue weighted by Gasteiger charge is 2.13. The molecule has 0 aliphatic heterocycles. The predicted octanol–water partition coefficient (Wildman–Crippen LogP) is 3.54. The summed E-state index contributed by atoms with van der Waals surface area (Å²) < 4.78 is 5.03. The van der Waals surface area contributed by atoms with Gasteiger partial charge in [0.05, 0.1) is 22.2 Å². The van der Waals surface area contributed by atoms with Gasteiger partial charge in [-0.25, -0.2) is 4.79 Å². The van der Waals surface area contributed by atoms with Gasteiger partial charge in [-0.05, 0) is 28.1 Å². The van der Waals surface area contributed by atoms with Crippen molar-refractivity contribution in [2.45, 2.75) is 0 Å². The number of methoxy groups -OCH3 is 1. The van der Waals surface area contributed by atoms with Crippen molar-refractivity contribution in [3.63, 3.8) is 0 Å². The Hall–Kier alpha value is -0.250. The van der Waals surface area contributed by atoms with Gasteiger partial charge in [-0.15, -0.1) is 0 Å². The molecule has 0 bridgehead atoms. The molecule has 0 aromatic heterocycles. The van der Waals surface area contributed by atoms with Gasteiger partial charge in [0, 0.05) is 5.02 Å². The molecule has 0 aliphatic rings. The normalized spacial score (nSPS) is 9.85. The number of esters is 1. The number of hydrogen-bond donors (Lipinski definition) is 0. The maximum absolute atomic E-state index is 11.2. The zero-order valence-corrected chi connectivity index (χ0v) is 9.70. The number of rotatable bonds is 1. The molecule has 5 heteroatoms. The molecule has 0 fully saturated rings. The van der Waals surface area contributed by atoms with Crippen LogP contribution in [0.5, 0.6) is 0 Å². The lowest BCUT2D eigenvalue weighted by Crippen LogP contribution is -2.02. The molecular formula is C8H5BrCl2O2. The highest BCUT2D eigenvalue weighted by Crippen LogP contribution is 2.30. The van der Waals surface area contributed by atoms with Crippen LogP contribution in [0.4, 0.5) is 0 Å². The first kappa shape index (κ1) is 10.8. The van der Waals surface area contributed by atoms with Crippen molar-refractivity contribution >= 4 is 45.1 Å². The van der Waals surface area contributed by atoms with Gasteiger partial charge in [0.25, 0.3) is 0 Å². The molecule has 0 N–H and O–H groups in total. The summed E-state index contributed by atoms with van der Waals surface area (Å²) in [6.07, 6.45) is 0. The maximum Gasteiger partial charge on any atom is 0.339 e. The van der Waals surface area contributed by atoms with E-state index in [9.17, 15) is 4.79 Å². The van der Waals surface area contributed by atoms with E-state index in [0.717, 1.165) is 0 Å². The summed E-state index contributed by atoms with van der Waals surface area (Å²) in [6, 6.07) is 3.03. The van der Waals surface area contributed by atoms with Crippen molar-refractivity contribution in [2.75, 3.05) is 7.11 Å². The summed E-state index contributed by atoms with van der Waals surface area (Å²) in [6.45, 7) is 0. The van der Waals surface area contributed by atoms with Crippen LogP contribution in [0.1, 0.15) is 10.4 Å². The molecule has 13 heavy (non-hydrogen) atoms. The van der Waals surface area contributed by atoms with Crippen molar-refractivity contribution in [1.82, 2.24) is 0 Å². The summed E-state index contributed by atoms with van der Waals surface area (Å²) in [4.78, 5) is 11.2. The molecule has 0 unspecified atom stereocenters. The van der Waals surface area contributed by atoms with E-state index in [2.05, 4.69) is 20.7 Å². The van der Waals surface area contributed by atoms with Gasteiger partial charge >= 0.3 is 5.97 Å². The van der Waals surface area contributed by atoms with Gasteiger partial charge in [0.2, 0.25) is 0 Å². The van der Waals surface area contributed by atoms with E-state index < -0.39 is 5.97 Å². The smallest absolute Gasteiger partial charge is 0.339 e. The van der Waals surface area contributed by atoms with Crippen LogP contribution in [-0.2, 0) is 4.74 Å². The van der Waals surface area contributed by atoms with Gasteiger partial charge in [-0.3, -0.25) is 0 Å². The Morgan fingerprint density at radius 3 is 2.62 bits per heavy atom. The van der Waals surface area contributed by atoms with Gasteiger partial charge in [0.15, 0.2) is 0 Å². The van der Waals surface area contributed by atoms with Crippen LogP contribution in [0.15, 0.2) is 16.6 Å². The first-order valence-corrected chi connectivity index (χ1v) is 4.84. The van der Waals surface area contributed by atoms with Crippen LogP contribution < -0.4 is 0 Å². The minimum absolute atomic E-state index is 0.319. The topological polar surface area (TPSA) is 26.3 Å². The van der Waals surface area contributed by atoms with Gasteiger partial charge < -0.3 is 4.74 Å². The predicted molar refractivity (Wildman–Crippen MR) is 55.5 cm³/mol. The fourth-order valence-electron chi connectivity index (χ4n) is 0.814. The summed E-state index contributed by atoms with van der Waals surface area (Å²) in [5, 5.41) is 0.779. The van der Waals surface area contributed by atoms with E-state index in [0.29, 0.717) is 20.1 Å². The Bertz CT molecular complexity index is 352. The molecule has 0 aliphatic carbocycles. The molecule has 0 saturated carbocycles. The molecule has 70 valence electrons. The van der Waals surface area contributed by atoms with E-state index in [4.69, 9.17) is 23.2 Å². The van der Waals surface area contributed by atoms with Crippen LogP contribution in [0.3, 0.4) is 0 Å². The first-order chi connectivity index (χ1) is 6.06. The molecule has 1 aromatic rings. The van der Waals surface area contributed by atoms with E-state index >= 15 is 0 Å². The third-order valence-corrected chi connectivity index (χ3v) is 3.00. The molecular weight excluding hydrogens is 279 g/mol. The van der Waals surface area contributed by atoms with Gasteiger partial charge in [0.1, 0.15) is 0 Å². The summed E-state index contributed by atoms with van der Waals surface area (Å²) in [5.41, 5.74) is 0.319. The number of carbonyl (C=O) groups excluding carboxylic acids is 1. The first-order valence-electron chi connectivity index (χ1n) is 3.29. The third-order valence-electron chi connectivity index (χ3n) is 1.40. The molecule has 1 rings (SSSR count). The van der Waals surface area contributed by atoms with Crippen molar-refractivity contribution in [1.29, 1.82) is 0 Å². The molecule has 0 amide bonds. The number of benzene rings is 1. The van der Waals surface area contributed by atoms with Gasteiger partial charge in [-0.2, -0.15) is 0 Å². The molecule has 1 aromatic carbocycles. The van der Waals surface area contributed by atoms with E-state index in [-0.39, 0.29) is 0 Å². The van der Waals surface area contributed by atoms with Crippen LogP contribution in [0.2, 0.25) is 10.0 Å². The standard InChI is InChI=1S/C8H5BrCl2O2/c1-13-8(12)5-2-4(10)3-6(11)7(5)9/h2-3H,1H3. The second-order valence-corrected chi connectivity index (χ2v) is 3.88. The fraction of sp³-hybridized carbons (Fsp3) is 0.125. The van der Waals surface area contributed by atoms with E-state index in [1.54, 1.807) is 6.07 Å². The lowest BCUT2D eigenvalue weighted by atomic mass is 10.2. The second-order valence-electron chi connectivity index (χ2n) is 2.24. The molecule has 2 nitrogen and oxygen atoms in total. The average molecular weight is 284 g/mol. The van der Waals surface area contributed by atoms with Crippen molar-refractivity contribution < 1.29 is 9.53 Å². The Labute approximate surface area is 93.9 Å². The fourth-order valence-corrected chi connectivity index (χ4v) is 1.70. The highest BCUT2D eigenvalue weighted by molar-refractivity contribution is 9.10. The monoisotopic (exact) mass is 282 g/mol. The Morgan fingerprint density at radius 2 is 2.08 bits per heavy atom. The number of ether oxygens (including phenoxy) is 1. The van der Waals surface area contributed by atoms with Crippen LogP contribution in [-0.4, -0.2) is 13.1 Å². The number of halogens is 3. The zero-order chi connectivity index (χ0) is 10.0. The second kappa shape index (κ2) is 4.31. The molecule has 0 saturated heterocycles. The molecule has 0 heterocycles. The van der Waals surface area contributed by atoms with E-state index in [1.807, 2.05) is 0 Å². The van der Waals surface area contributed by atoms with Crippen molar-refractivity contribution in [2.24, 2.45) is 0 Å². The lowest BCUT2D eigenvalue weighted by Gasteiger charge is -2.04. The molecule has 0 radical (unpaired) electrons.